The van der Waals surface area contributed by atoms with Gasteiger partial charge in [-0.2, -0.15) is 4.99 Å². The average Bonchev–Trinajstić information content (AvgIpc) is 2.20. The Hall–Kier alpha value is -0.880. The lowest BCUT2D eigenvalue weighted by Gasteiger charge is -2.05. The Morgan fingerprint density at radius 3 is 2.06 bits per heavy atom. The van der Waals surface area contributed by atoms with Crippen molar-refractivity contribution in [3.63, 3.8) is 0 Å². The molecule has 0 atom stereocenters. The van der Waals surface area contributed by atoms with E-state index in [-0.39, 0.29) is 37.7 Å². The summed E-state index contributed by atoms with van der Waals surface area (Å²) in [5, 5.41) is 0.575. The number of halogens is 4. The molecule has 0 aliphatic carbocycles. The molecule has 92 valence electrons. The van der Waals surface area contributed by atoms with E-state index in [1.54, 1.807) is 0 Å². The van der Waals surface area contributed by atoms with Crippen LogP contribution in [0.1, 0.15) is 0 Å². The topological polar surface area (TPSA) is 103 Å². The zero-order valence-electron chi connectivity index (χ0n) is 8.22. The summed E-state index contributed by atoms with van der Waals surface area (Å²) in [5.74, 6) is -0.439. The van der Waals surface area contributed by atoms with Gasteiger partial charge in [0.1, 0.15) is 5.69 Å². The van der Waals surface area contributed by atoms with Gasteiger partial charge < -0.3 is 17.2 Å². The lowest BCUT2D eigenvalue weighted by Crippen LogP contribution is -2.26. The maximum absolute atomic E-state index is 5.91. The third-order valence-electron chi connectivity index (χ3n) is 1.56. The van der Waals surface area contributed by atoms with Crippen LogP contribution in [0.5, 0.6) is 0 Å². The zero-order valence-corrected chi connectivity index (χ0v) is 11.2. The van der Waals surface area contributed by atoms with Gasteiger partial charge in [0, 0.05) is 0 Å². The van der Waals surface area contributed by atoms with Gasteiger partial charge in [0.15, 0.2) is 5.96 Å². The maximum atomic E-state index is 5.91. The van der Waals surface area contributed by atoms with Gasteiger partial charge in [-0.1, -0.05) is 46.4 Å². The fourth-order valence-corrected chi connectivity index (χ4v) is 1.92. The van der Waals surface area contributed by atoms with Crippen molar-refractivity contribution in [2.75, 3.05) is 0 Å². The van der Waals surface area contributed by atoms with Crippen molar-refractivity contribution in [1.82, 2.24) is 0 Å². The molecule has 0 unspecified atom stereocenters. The van der Waals surface area contributed by atoms with E-state index in [0.29, 0.717) is 0 Å². The molecule has 1 aromatic carbocycles. The second-order valence-corrected chi connectivity index (χ2v) is 4.39. The number of nitrogens with two attached hydrogens (primary N) is 3. The van der Waals surface area contributed by atoms with Crippen LogP contribution in [0.3, 0.4) is 0 Å². The summed E-state index contributed by atoms with van der Waals surface area (Å²) in [6.45, 7) is 0. The molecule has 0 aliphatic heterocycles. The quantitative estimate of drug-likeness (QED) is 0.321. The van der Waals surface area contributed by atoms with Gasteiger partial charge in [-0.15, -0.1) is 0 Å². The summed E-state index contributed by atoms with van der Waals surface area (Å²) in [4.78, 5) is 7.35. The van der Waals surface area contributed by atoms with Crippen LogP contribution in [-0.2, 0) is 0 Å². The Bertz CT molecular complexity index is 507. The predicted octanol–water partition coefficient (Wildman–Crippen LogP) is 2.52. The Morgan fingerprint density at radius 2 is 1.53 bits per heavy atom. The lowest BCUT2D eigenvalue weighted by atomic mass is 10.3. The minimum Gasteiger partial charge on any atom is -0.370 e. The Labute approximate surface area is 117 Å². The largest absolute Gasteiger partial charge is 0.370 e. The molecule has 0 heterocycles. The summed E-state index contributed by atoms with van der Waals surface area (Å²) < 4.78 is 0. The van der Waals surface area contributed by atoms with Crippen molar-refractivity contribution in [1.29, 1.82) is 0 Å². The summed E-state index contributed by atoms with van der Waals surface area (Å²) in [5.41, 5.74) is 15.8. The van der Waals surface area contributed by atoms with Crippen LogP contribution in [-0.4, -0.2) is 11.9 Å². The van der Waals surface area contributed by atoms with Crippen molar-refractivity contribution < 1.29 is 0 Å². The van der Waals surface area contributed by atoms with Gasteiger partial charge in [0.2, 0.25) is 5.96 Å². The number of guanidine groups is 2. The highest BCUT2D eigenvalue weighted by molar-refractivity contribution is 6.51. The van der Waals surface area contributed by atoms with E-state index in [1.807, 2.05) is 0 Å². The van der Waals surface area contributed by atoms with Crippen molar-refractivity contribution in [2.45, 2.75) is 0 Å². The van der Waals surface area contributed by atoms with Gasteiger partial charge in [-0.25, -0.2) is 4.99 Å². The fourth-order valence-electron chi connectivity index (χ4n) is 0.931. The van der Waals surface area contributed by atoms with E-state index >= 15 is 0 Å². The minimum atomic E-state index is -0.237. The number of aliphatic imine (C=N–C) groups is 2. The zero-order chi connectivity index (χ0) is 13.2. The standard InChI is InChI=1S/C8H7Cl4N5/c9-2-1-3(10)6(5(12)4(2)11)16-8(15)17-7(13)14/h1H,(H6,13,14,15,16,17). The molecule has 5 nitrogen and oxygen atoms in total. The van der Waals surface area contributed by atoms with Gasteiger partial charge in [0.05, 0.1) is 20.1 Å². The first-order valence-electron chi connectivity index (χ1n) is 4.09. The smallest absolute Gasteiger partial charge is 0.223 e. The molecule has 0 radical (unpaired) electrons. The van der Waals surface area contributed by atoms with Crippen molar-refractivity contribution in [2.24, 2.45) is 27.2 Å². The third kappa shape index (κ3) is 3.54. The molecular formula is C8H7Cl4N5. The molecule has 0 bridgehead atoms. The summed E-state index contributed by atoms with van der Waals surface area (Å²) >= 11 is 23.4. The molecule has 17 heavy (non-hydrogen) atoms. The predicted molar refractivity (Wildman–Crippen MR) is 73.6 cm³/mol. The van der Waals surface area contributed by atoms with E-state index in [9.17, 15) is 0 Å². The second kappa shape index (κ2) is 5.64. The van der Waals surface area contributed by atoms with Crippen LogP contribution in [0.2, 0.25) is 20.1 Å². The number of nitrogens with zero attached hydrogens (tertiary/aromatic N) is 2. The molecule has 0 amide bonds. The molecule has 0 aliphatic rings. The first-order valence-corrected chi connectivity index (χ1v) is 5.61. The highest BCUT2D eigenvalue weighted by atomic mass is 35.5. The van der Waals surface area contributed by atoms with Crippen LogP contribution >= 0.6 is 46.4 Å². The molecule has 0 saturated heterocycles. The molecule has 1 aromatic rings. The average molecular weight is 315 g/mol. The lowest BCUT2D eigenvalue weighted by molar-refractivity contribution is 1.38. The van der Waals surface area contributed by atoms with Gasteiger partial charge in [0.25, 0.3) is 0 Å². The van der Waals surface area contributed by atoms with E-state index in [0.717, 1.165) is 0 Å². The van der Waals surface area contributed by atoms with E-state index < -0.39 is 0 Å². The Morgan fingerprint density at radius 1 is 0.941 bits per heavy atom. The van der Waals surface area contributed by atoms with Gasteiger partial charge >= 0.3 is 0 Å². The molecular weight excluding hydrogens is 308 g/mol. The van der Waals surface area contributed by atoms with Gasteiger partial charge in [-0.3, -0.25) is 0 Å². The van der Waals surface area contributed by atoms with E-state index in [1.165, 1.54) is 6.07 Å². The maximum Gasteiger partial charge on any atom is 0.223 e. The van der Waals surface area contributed by atoms with Crippen LogP contribution in [0, 0.1) is 0 Å². The molecule has 0 aromatic heterocycles. The number of hydrogen-bond acceptors (Lipinski definition) is 1. The summed E-state index contributed by atoms with van der Waals surface area (Å²) in [7, 11) is 0. The van der Waals surface area contributed by atoms with Crippen LogP contribution in [0.25, 0.3) is 0 Å². The number of hydrogen-bond donors (Lipinski definition) is 3. The van der Waals surface area contributed by atoms with E-state index in [4.69, 9.17) is 63.6 Å². The molecule has 0 saturated carbocycles. The Balaban J connectivity index is 3.34. The normalized spacial score (nSPS) is 11.4. The second-order valence-electron chi connectivity index (χ2n) is 2.82. The van der Waals surface area contributed by atoms with Crippen LogP contribution in [0.4, 0.5) is 5.69 Å². The summed E-state index contributed by atoms with van der Waals surface area (Å²) in [6, 6.07) is 1.39. The molecule has 0 spiro atoms. The molecule has 6 N–H and O–H groups in total. The number of rotatable bonds is 1. The van der Waals surface area contributed by atoms with Crippen molar-refractivity contribution in [3.05, 3.63) is 26.2 Å². The SMILES string of the molecule is NC(N)=NC(N)=Nc1c(Cl)cc(Cl)c(Cl)c1Cl. The fraction of sp³-hybridized carbons (Fsp3) is 0. The monoisotopic (exact) mass is 313 g/mol. The first kappa shape index (κ1) is 14.2. The molecule has 9 heteroatoms. The Kier molecular flexibility index (Phi) is 4.70. The highest BCUT2D eigenvalue weighted by Crippen LogP contribution is 2.42. The van der Waals surface area contributed by atoms with Crippen molar-refractivity contribution in [3.8, 4) is 0 Å². The third-order valence-corrected chi connectivity index (χ3v) is 3.10. The number of benzene rings is 1. The highest BCUT2D eigenvalue weighted by Gasteiger charge is 2.13. The first-order chi connectivity index (χ1) is 7.82. The molecule has 0 fully saturated rings. The van der Waals surface area contributed by atoms with Gasteiger partial charge in [-0.05, 0) is 6.07 Å². The minimum absolute atomic E-state index is 0.0675. The van der Waals surface area contributed by atoms with Crippen LogP contribution < -0.4 is 17.2 Å². The molecule has 1 rings (SSSR count). The summed E-state index contributed by atoms with van der Waals surface area (Å²) in [6.07, 6.45) is 0. The van der Waals surface area contributed by atoms with Crippen LogP contribution in [0.15, 0.2) is 16.1 Å². The van der Waals surface area contributed by atoms with Crippen molar-refractivity contribution >= 4 is 64.0 Å². The van der Waals surface area contributed by atoms with E-state index in [2.05, 4.69) is 9.98 Å².